The van der Waals surface area contributed by atoms with E-state index in [0.717, 1.165) is 0 Å². The fourth-order valence-corrected chi connectivity index (χ4v) is 1.91. The summed E-state index contributed by atoms with van der Waals surface area (Å²) in [5.41, 5.74) is -1.68. The minimum atomic E-state index is -1.68. The van der Waals surface area contributed by atoms with Gasteiger partial charge in [-0.05, 0) is 27.2 Å². The largest absolute Gasteiger partial charge is 0.479 e. The molecule has 0 bridgehead atoms. The lowest BCUT2D eigenvalue weighted by atomic mass is 9.83. The highest BCUT2D eigenvalue weighted by Gasteiger charge is 2.47. The summed E-state index contributed by atoms with van der Waals surface area (Å²) in [7, 11) is 0. The molecule has 4 heteroatoms. The van der Waals surface area contributed by atoms with Crippen molar-refractivity contribution < 1.29 is 19.7 Å². The highest BCUT2D eigenvalue weighted by molar-refractivity contribution is 5.77. The van der Waals surface area contributed by atoms with Crippen molar-refractivity contribution in [2.24, 2.45) is 5.92 Å². The number of hydrogen-bond acceptors (Lipinski definition) is 3. The van der Waals surface area contributed by atoms with Crippen molar-refractivity contribution in [1.29, 1.82) is 0 Å². The normalized spacial score (nSPS) is 38.6. The first-order chi connectivity index (χ1) is 5.85. The van der Waals surface area contributed by atoms with Crippen molar-refractivity contribution in [1.82, 2.24) is 0 Å². The molecule has 4 nitrogen and oxygen atoms in total. The second kappa shape index (κ2) is 3.27. The van der Waals surface area contributed by atoms with Gasteiger partial charge in [-0.2, -0.15) is 0 Å². The van der Waals surface area contributed by atoms with Crippen LogP contribution in [0.25, 0.3) is 0 Å². The van der Waals surface area contributed by atoms with Gasteiger partial charge in [-0.3, -0.25) is 0 Å². The topological polar surface area (TPSA) is 66.8 Å². The summed E-state index contributed by atoms with van der Waals surface area (Å²) in [5, 5.41) is 18.5. The molecule has 0 saturated carbocycles. The van der Waals surface area contributed by atoms with Crippen LogP contribution >= 0.6 is 0 Å². The molecule has 4 unspecified atom stereocenters. The molecule has 1 fully saturated rings. The van der Waals surface area contributed by atoms with Gasteiger partial charge < -0.3 is 14.9 Å². The molecule has 1 aliphatic heterocycles. The number of carboxylic acids is 1. The van der Waals surface area contributed by atoms with Crippen LogP contribution in [-0.4, -0.2) is 34.0 Å². The maximum atomic E-state index is 10.8. The van der Waals surface area contributed by atoms with Gasteiger partial charge in [-0.15, -0.1) is 0 Å². The van der Waals surface area contributed by atoms with Crippen molar-refractivity contribution in [3.63, 3.8) is 0 Å². The van der Waals surface area contributed by atoms with Crippen LogP contribution in [0.1, 0.15) is 27.2 Å². The van der Waals surface area contributed by atoms with E-state index in [1.54, 1.807) is 6.92 Å². The predicted molar refractivity (Wildman–Crippen MR) is 46.4 cm³/mol. The molecular weight excluding hydrogens is 172 g/mol. The van der Waals surface area contributed by atoms with Crippen molar-refractivity contribution in [2.45, 2.75) is 45.0 Å². The number of hydrogen-bond donors (Lipinski definition) is 2. The first-order valence-electron chi connectivity index (χ1n) is 4.47. The van der Waals surface area contributed by atoms with Crippen LogP contribution in [0.2, 0.25) is 0 Å². The van der Waals surface area contributed by atoms with Crippen LogP contribution in [0.15, 0.2) is 0 Å². The van der Waals surface area contributed by atoms with Gasteiger partial charge >= 0.3 is 5.97 Å². The molecule has 0 radical (unpaired) electrons. The lowest BCUT2D eigenvalue weighted by molar-refractivity contribution is -0.164. The van der Waals surface area contributed by atoms with Crippen LogP contribution in [0.4, 0.5) is 0 Å². The average Bonchev–Trinajstić information content (AvgIpc) is 2.30. The van der Waals surface area contributed by atoms with Gasteiger partial charge in [-0.25, -0.2) is 4.79 Å². The molecule has 13 heavy (non-hydrogen) atoms. The molecule has 0 aliphatic carbocycles. The van der Waals surface area contributed by atoms with Gasteiger partial charge in [0.1, 0.15) is 0 Å². The second-order valence-corrected chi connectivity index (χ2v) is 3.95. The molecule has 1 aliphatic rings. The van der Waals surface area contributed by atoms with Crippen LogP contribution in [0.3, 0.4) is 0 Å². The van der Waals surface area contributed by atoms with E-state index in [9.17, 15) is 9.90 Å². The van der Waals surface area contributed by atoms with Crippen LogP contribution in [-0.2, 0) is 9.53 Å². The Labute approximate surface area is 77.5 Å². The summed E-state index contributed by atoms with van der Waals surface area (Å²) in [4.78, 5) is 10.8. The van der Waals surface area contributed by atoms with E-state index in [0.29, 0.717) is 6.42 Å². The monoisotopic (exact) mass is 188 g/mol. The van der Waals surface area contributed by atoms with Gasteiger partial charge in [0.05, 0.1) is 12.2 Å². The molecule has 1 rings (SSSR count). The smallest absolute Gasteiger partial charge is 0.335 e. The molecule has 4 atom stereocenters. The highest BCUT2D eigenvalue weighted by Crippen LogP contribution is 2.34. The van der Waals surface area contributed by atoms with Crippen molar-refractivity contribution in [2.75, 3.05) is 0 Å². The van der Waals surface area contributed by atoms with Gasteiger partial charge in [0.2, 0.25) is 0 Å². The summed E-state index contributed by atoms with van der Waals surface area (Å²) in [5.74, 6) is -1.50. The zero-order valence-corrected chi connectivity index (χ0v) is 8.15. The Bertz CT molecular complexity index is 212. The van der Waals surface area contributed by atoms with Gasteiger partial charge in [0.25, 0.3) is 0 Å². The molecule has 0 spiro atoms. The van der Waals surface area contributed by atoms with E-state index in [4.69, 9.17) is 9.84 Å². The molecule has 0 amide bonds. The highest BCUT2D eigenvalue weighted by atomic mass is 16.5. The number of carbonyl (C=O) groups is 1. The van der Waals surface area contributed by atoms with E-state index in [2.05, 4.69) is 0 Å². The summed E-state index contributed by atoms with van der Waals surface area (Å²) in [6.45, 7) is 5.01. The average molecular weight is 188 g/mol. The quantitative estimate of drug-likeness (QED) is 0.667. The Morgan fingerprint density at radius 1 is 1.54 bits per heavy atom. The molecule has 0 aromatic rings. The molecular formula is C9H16O4. The summed E-state index contributed by atoms with van der Waals surface area (Å²) >= 11 is 0. The van der Waals surface area contributed by atoms with Crippen molar-refractivity contribution >= 4 is 5.97 Å². The number of rotatable bonds is 2. The zero-order chi connectivity index (χ0) is 10.2. The predicted octanol–water partition coefficient (Wildman–Crippen LogP) is 0.635. The minimum absolute atomic E-state index is 0.0332. The third-order valence-electron chi connectivity index (χ3n) is 2.75. The maximum absolute atomic E-state index is 10.8. The van der Waals surface area contributed by atoms with Gasteiger partial charge in [-0.1, -0.05) is 0 Å². The first kappa shape index (κ1) is 10.5. The molecule has 0 aromatic carbocycles. The Balaban J connectivity index is 2.77. The van der Waals surface area contributed by atoms with E-state index >= 15 is 0 Å². The van der Waals surface area contributed by atoms with Crippen molar-refractivity contribution in [3.05, 3.63) is 0 Å². The maximum Gasteiger partial charge on any atom is 0.335 e. The third-order valence-corrected chi connectivity index (χ3v) is 2.75. The van der Waals surface area contributed by atoms with E-state index in [1.165, 1.54) is 6.92 Å². The Hall–Kier alpha value is -0.610. The van der Waals surface area contributed by atoms with Gasteiger partial charge in [0.15, 0.2) is 5.60 Å². The van der Waals surface area contributed by atoms with Crippen LogP contribution in [0.5, 0.6) is 0 Å². The Morgan fingerprint density at radius 2 is 2.08 bits per heavy atom. The molecule has 1 saturated heterocycles. The number of carboxylic acid groups (broad SMARTS) is 1. The van der Waals surface area contributed by atoms with Gasteiger partial charge in [0, 0.05) is 5.92 Å². The Morgan fingerprint density at radius 3 is 2.38 bits per heavy atom. The fraction of sp³-hybridized carbons (Fsp3) is 0.889. The third kappa shape index (κ3) is 1.84. The molecule has 2 N–H and O–H groups in total. The fourth-order valence-electron chi connectivity index (χ4n) is 1.91. The SMILES string of the molecule is CC1CC(C(C)(O)C(=O)O)C(C)O1. The lowest BCUT2D eigenvalue weighted by Crippen LogP contribution is -2.45. The lowest BCUT2D eigenvalue weighted by Gasteiger charge is -2.27. The number of aliphatic carboxylic acids is 1. The van der Waals surface area contributed by atoms with E-state index in [1.807, 2.05) is 6.92 Å². The van der Waals surface area contributed by atoms with Crippen molar-refractivity contribution in [3.8, 4) is 0 Å². The Kier molecular flexibility index (Phi) is 2.63. The minimum Gasteiger partial charge on any atom is -0.479 e. The zero-order valence-electron chi connectivity index (χ0n) is 8.15. The first-order valence-corrected chi connectivity index (χ1v) is 4.47. The number of ether oxygens (including phenoxy) is 1. The van der Waals surface area contributed by atoms with E-state index < -0.39 is 11.6 Å². The number of aliphatic hydroxyl groups is 1. The van der Waals surface area contributed by atoms with Crippen LogP contribution < -0.4 is 0 Å². The summed E-state index contributed by atoms with van der Waals surface area (Å²) in [6, 6.07) is 0. The standard InChI is InChI=1S/C9H16O4/c1-5-4-7(6(2)13-5)9(3,12)8(10)11/h5-7,12H,4H2,1-3H3,(H,10,11). The van der Waals surface area contributed by atoms with E-state index in [-0.39, 0.29) is 18.1 Å². The second-order valence-electron chi connectivity index (χ2n) is 3.95. The van der Waals surface area contributed by atoms with Crippen LogP contribution in [0, 0.1) is 5.92 Å². The molecule has 1 heterocycles. The molecule has 0 aromatic heterocycles. The summed E-state index contributed by atoms with van der Waals surface area (Å²) < 4.78 is 5.39. The summed E-state index contributed by atoms with van der Waals surface area (Å²) in [6.07, 6.45) is 0.437. The molecule has 76 valence electrons.